The fraction of sp³-hybridized carbons (Fsp3) is 0.241. The molecule has 3 aromatic carbocycles. The molecule has 180 valence electrons. The fourth-order valence-electron chi connectivity index (χ4n) is 4.08. The van der Waals surface area contributed by atoms with Gasteiger partial charge < -0.3 is 19.5 Å². The number of carbonyl (C=O) groups is 2. The van der Waals surface area contributed by atoms with E-state index in [4.69, 9.17) is 9.47 Å². The first-order valence-electron chi connectivity index (χ1n) is 11.6. The molecule has 6 nitrogen and oxygen atoms in total. The predicted octanol–water partition coefficient (Wildman–Crippen LogP) is 5.35. The Morgan fingerprint density at radius 2 is 1.54 bits per heavy atom. The molecule has 1 N–H and O–H groups in total. The molecule has 1 heterocycles. The second-order valence-electron chi connectivity index (χ2n) is 8.91. The summed E-state index contributed by atoms with van der Waals surface area (Å²) in [6.07, 6.45) is 0. The smallest absolute Gasteiger partial charge is 0.295 e. The van der Waals surface area contributed by atoms with Crippen LogP contribution in [0.4, 0.5) is 0 Å². The molecule has 1 aliphatic heterocycles. The summed E-state index contributed by atoms with van der Waals surface area (Å²) in [4.78, 5) is 27.9. The molecule has 1 unspecified atom stereocenters. The number of hydrogen-bond acceptors (Lipinski definition) is 5. The molecule has 0 saturated carbocycles. The number of ether oxygens (including phenoxy) is 2. The van der Waals surface area contributed by atoms with E-state index in [9.17, 15) is 14.7 Å². The maximum Gasteiger partial charge on any atom is 0.295 e. The van der Waals surface area contributed by atoms with E-state index in [0.29, 0.717) is 29.6 Å². The molecule has 0 bridgehead atoms. The van der Waals surface area contributed by atoms with Gasteiger partial charge in [-0.3, -0.25) is 9.59 Å². The van der Waals surface area contributed by atoms with Gasteiger partial charge in [-0.25, -0.2) is 0 Å². The molecule has 1 fully saturated rings. The number of Topliss-reactive ketones (excluding diaryl/α,β-unsaturated/α-hetero) is 1. The number of hydrogen-bond donors (Lipinski definition) is 1. The normalized spacial score (nSPS) is 17.1. The number of aliphatic hydroxyl groups excluding tert-OH is 1. The lowest BCUT2D eigenvalue weighted by Crippen LogP contribution is -2.29. The van der Waals surface area contributed by atoms with Crippen LogP contribution in [0.1, 0.15) is 36.6 Å². The fourth-order valence-corrected chi connectivity index (χ4v) is 4.08. The zero-order valence-corrected chi connectivity index (χ0v) is 20.1. The van der Waals surface area contributed by atoms with Crippen molar-refractivity contribution >= 4 is 17.4 Å². The van der Waals surface area contributed by atoms with Crippen molar-refractivity contribution < 1.29 is 24.2 Å². The quantitative estimate of drug-likeness (QED) is 0.272. The van der Waals surface area contributed by atoms with Crippen LogP contribution in [0.25, 0.3) is 5.76 Å². The summed E-state index contributed by atoms with van der Waals surface area (Å²) in [5, 5.41) is 11.2. The predicted molar refractivity (Wildman–Crippen MR) is 134 cm³/mol. The van der Waals surface area contributed by atoms with E-state index in [1.807, 2.05) is 54.6 Å². The minimum absolute atomic E-state index is 0.0746. The molecular weight excluding hydrogens is 442 g/mol. The van der Waals surface area contributed by atoms with Gasteiger partial charge in [0, 0.05) is 12.1 Å². The summed E-state index contributed by atoms with van der Waals surface area (Å²) in [7, 11) is 1.59. The van der Waals surface area contributed by atoms with E-state index in [2.05, 4.69) is 13.8 Å². The van der Waals surface area contributed by atoms with Crippen LogP contribution >= 0.6 is 0 Å². The Balaban J connectivity index is 1.72. The van der Waals surface area contributed by atoms with Crippen molar-refractivity contribution in [3.63, 3.8) is 0 Å². The Morgan fingerprint density at radius 3 is 2.14 bits per heavy atom. The molecule has 1 saturated heterocycles. The van der Waals surface area contributed by atoms with Crippen LogP contribution in [0.3, 0.4) is 0 Å². The molecule has 35 heavy (non-hydrogen) atoms. The Morgan fingerprint density at radius 1 is 0.914 bits per heavy atom. The number of likely N-dealkylation sites (tertiary alicyclic amines) is 1. The van der Waals surface area contributed by atoms with Crippen molar-refractivity contribution in [3.8, 4) is 11.5 Å². The molecule has 1 atom stereocenters. The van der Waals surface area contributed by atoms with Crippen LogP contribution in [-0.2, 0) is 16.1 Å². The van der Waals surface area contributed by atoms with Gasteiger partial charge in [-0.2, -0.15) is 0 Å². The van der Waals surface area contributed by atoms with E-state index in [-0.39, 0.29) is 17.9 Å². The molecule has 3 aromatic rings. The van der Waals surface area contributed by atoms with Crippen LogP contribution in [0.15, 0.2) is 84.4 Å². The summed E-state index contributed by atoms with van der Waals surface area (Å²) >= 11 is 0. The number of aliphatic hydroxyl groups is 1. The summed E-state index contributed by atoms with van der Waals surface area (Å²) in [6.45, 7) is 4.92. The topological polar surface area (TPSA) is 76.1 Å². The Labute approximate surface area is 205 Å². The molecule has 1 amide bonds. The summed E-state index contributed by atoms with van der Waals surface area (Å²) in [6, 6.07) is 22.8. The molecule has 0 radical (unpaired) electrons. The van der Waals surface area contributed by atoms with Gasteiger partial charge in [-0.15, -0.1) is 0 Å². The van der Waals surface area contributed by atoms with Crippen LogP contribution in [0.2, 0.25) is 0 Å². The number of methoxy groups -OCH3 is 1. The number of amides is 1. The van der Waals surface area contributed by atoms with Crippen molar-refractivity contribution in [2.75, 3.05) is 13.7 Å². The Bertz CT molecular complexity index is 1210. The van der Waals surface area contributed by atoms with Crippen molar-refractivity contribution in [3.05, 3.63) is 101 Å². The Kier molecular flexibility index (Phi) is 7.20. The van der Waals surface area contributed by atoms with E-state index in [1.54, 1.807) is 31.4 Å². The van der Waals surface area contributed by atoms with Crippen LogP contribution in [-0.4, -0.2) is 35.4 Å². The highest BCUT2D eigenvalue weighted by molar-refractivity contribution is 6.46. The highest BCUT2D eigenvalue weighted by Gasteiger charge is 2.46. The second kappa shape index (κ2) is 10.5. The first kappa shape index (κ1) is 24.1. The molecular formula is C29H29NO5. The largest absolute Gasteiger partial charge is 0.507 e. The van der Waals surface area contributed by atoms with Gasteiger partial charge in [0.2, 0.25) is 0 Å². The highest BCUT2D eigenvalue weighted by atomic mass is 16.5. The number of nitrogens with zero attached hydrogens (tertiary/aromatic N) is 1. The number of ketones is 1. The lowest BCUT2D eigenvalue weighted by Gasteiger charge is -2.25. The number of rotatable bonds is 8. The van der Waals surface area contributed by atoms with Gasteiger partial charge in [0.05, 0.1) is 25.3 Å². The van der Waals surface area contributed by atoms with Crippen molar-refractivity contribution in [1.29, 1.82) is 0 Å². The molecule has 6 heteroatoms. The third kappa shape index (κ3) is 5.22. The standard InChI is InChI=1S/C29H29NO5/c1-19(2)18-35-24-15-11-22(12-16-24)27(31)25-26(21-7-5-4-6-8-21)30(29(33)28(25)32)17-20-9-13-23(34-3)14-10-20/h4-16,19,26,31H,17-18H2,1-3H3/b27-25-. The monoisotopic (exact) mass is 471 g/mol. The van der Waals surface area contributed by atoms with Crippen LogP contribution in [0, 0.1) is 5.92 Å². The third-order valence-electron chi connectivity index (χ3n) is 5.88. The first-order chi connectivity index (χ1) is 16.9. The van der Waals surface area contributed by atoms with Gasteiger partial charge in [-0.1, -0.05) is 56.3 Å². The number of carbonyl (C=O) groups excluding carboxylic acids is 2. The minimum Gasteiger partial charge on any atom is -0.507 e. The Hall–Kier alpha value is -4.06. The van der Waals surface area contributed by atoms with Crippen LogP contribution < -0.4 is 9.47 Å². The lowest BCUT2D eigenvalue weighted by molar-refractivity contribution is -0.140. The van der Waals surface area contributed by atoms with Crippen molar-refractivity contribution in [1.82, 2.24) is 4.90 Å². The van der Waals surface area contributed by atoms with E-state index in [1.165, 1.54) is 4.90 Å². The molecule has 0 aromatic heterocycles. The van der Waals surface area contributed by atoms with E-state index in [0.717, 1.165) is 11.1 Å². The van der Waals surface area contributed by atoms with Gasteiger partial charge in [0.25, 0.3) is 11.7 Å². The summed E-state index contributed by atoms with van der Waals surface area (Å²) < 4.78 is 10.9. The lowest BCUT2D eigenvalue weighted by atomic mass is 9.95. The SMILES string of the molecule is COc1ccc(CN2C(=O)C(=O)/C(=C(\O)c3ccc(OCC(C)C)cc3)C2c2ccccc2)cc1. The van der Waals surface area contributed by atoms with Gasteiger partial charge >= 0.3 is 0 Å². The highest BCUT2D eigenvalue weighted by Crippen LogP contribution is 2.40. The maximum absolute atomic E-state index is 13.2. The van der Waals surface area contributed by atoms with E-state index < -0.39 is 17.7 Å². The van der Waals surface area contributed by atoms with E-state index >= 15 is 0 Å². The molecule has 4 rings (SSSR count). The average Bonchev–Trinajstić information content (AvgIpc) is 3.13. The second-order valence-corrected chi connectivity index (χ2v) is 8.91. The molecule has 0 aliphatic carbocycles. The summed E-state index contributed by atoms with van der Waals surface area (Å²) in [5.41, 5.74) is 2.12. The maximum atomic E-state index is 13.2. The summed E-state index contributed by atoms with van der Waals surface area (Å²) in [5.74, 6) is 0.213. The molecule has 1 aliphatic rings. The van der Waals surface area contributed by atoms with Gasteiger partial charge in [0.15, 0.2) is 0 Å². The zero-order chi connectivity index (χ0) is 24.9. The minimum atomic E-state index is -0.713. The average molecular weight is 472 g/mol. The van der Waals surface area contributed by atoms with Crippen molar-refractivity contribution in [2.24, 2.45) is 5.92 Å². The first-order valence-corrected chi connectivity index (χ1v) is 11.6. The molecule has 0 spiro atoms. The zero-order valence-electron chi connectivity index (χ0n) is 20.1. The van der Waals surface area contributed by atoms with Crippen LogP contribution in [0.5, 0.6) is 11.5 Å². The third-order valence-corrected chi connectivity index (χ3v) is 5.88. The van der Waals surface area contributed by atoms with Gasteiger partial charge in [-0.05, 0) is 53.4 Å². The van der Waals surface area contributed by atoms with Crippen molar-refractivity contribution in [2.45, 2.75) is 26.4 Å². The van der Waals surface area contributed by atoms with Gasteiger partial charge in [0.1, 0.15) is 17.3 Å². The number of benzene rings is 3.